The predicted octanol–water partition coefficient (Wildman–Crippen LogP) is 2.76. The number of cyclic esters (lactones) is 1. The molecule has 6 heteroatoms. The van der Waals surface area contributed by atoms with Crippen molar-refractivity contribution >= 4 is 22.6 Å². The third kappa shape index (κ3) is 6.68. The van der Waals surface area contributed by atoms with Crippen LogP contribution in [-0.4, -0.2) is 41.4 Å². The van der Waals surface area contributed by atoms with Crippen LogP contribution in [0.5, 0.6) is 0 Å². The Labute approximate surface area is 112 Å². The van der Waals surface area contributed by atoms with Crippen LogP contribution in [0.2, 0.25) is 39.3 Å². The lowest BCUT2D eigenvalue weighted by atomic mass is 10.1. The van der Waals surface area contributed by atoms with Crippen LogP contribution in [0, 0.1) is 0 Å². The van der Waals surface area contributed by atoms with Crippen molar-refractivity contribution in [3.8, 4) is 0 Å². The van der Waals surface area contributed by atoms with E-state index in [0.717, 1.165) is 6.42 Å². The first-order valence-corrected chi connectivity index (χ1v) is 13.4. The fraction of sp³-hybridized carbons (Fsp3) is 0.917. The van der Waals surface area contributed by atoms with Crippen molar-refractivity contribution in [2.75, 3.05) is 6.61 Å². The fourth-order valence-electron chi connectivity index (χ4n) is 1.88. The Balaban J connectivity index is 2.48. The second kappa shape index (κ2) is 5.85. The zero-order chi connectivity index (χ0) is 14.0. The molecule has 1 aliphatic rings. The maximum Gasteiger partial charge on any atom is 0.308 e. The van der Waals surface area contributed by atoms with Gasteiger partial charge in [-0.1, -0.05) is 0 Å². The van der Waals surface area contributed by atoms with Gasteiger partial charge in [0.25, 0.3) is 0 Å². The van der Waals surface area contributed by atoms with Gasteiger partial charge in [-0.25, -0.2) is 0 Å². The highest BCUT2D eigenvalue weighted by atomic mass is 28.4. The van der Waals surface area contributed by atoms with Crippen LogP contribution in [-0.2, 0) is 18.4 Å². The lowest BCUT2D eigenvalue weighted by Crippen LogP contribution is -2.43. The molecule has 0 aromatic carbocycles. The number of ether oxygens (including phenoxy) is 1. The van der Waals surface area contributed by atoms with Crippen LogP contribution in [0.1, 0.15) is 12.8 Å². The molecule has 0 N–H and O–H groups in total. The summed E-state index contributed by atoms with van der Waals surface area (Å²) in [5.41, 5.74) is 0. The number of rotatable bonds is 5. The fourth-order valence-corrected chi connectivity index (χ4v) is 3.74. The summed E-state index contributed by atoms with van der Waals surface area (Å²) in [6, 6.07) is 0. The molecular formula is C12H26O4Si2. The molecule has 1 heterocycles. The number of hydrogen-bond donors (Lipinski definition) is 0. The minimum atomic E-state index is -1.60. The summed E-state index contributed by atoms with van der Waals surface area (Å²) in [7, 11) is -3.16. The van der Waals surface area contributed by atoms with Crippen LogP contribution in [0.4, 0.5) is 0 Å². The number of hydrogen-bond acceptors (Lipinski definition) is 4. The van der Waals surface area contributed by atoms with Crippen LogP contribution < -0.4 is 0 Å². The van der Waals surface area contributed by atoms with Gasteiger partial charge in [0, 0.05) is 6.42 Å². The molecule has 1 fully saturated rings. The predicted molar refractivity (Wildman–Crippen MR) is 76.6 cm³/mol. The molecule has 2 unspecified atom stereocenters. The van der Waals surface area contributed by atoms with Crippen molar-refractivity contribution < 1.29 is 18.4 Å². The van der Waals surface area contributed by atoms with E-state index in [-0.39, 0.29) is 18.2 Å². The Bertz CT molecular complexity index is 293. The van der Waals surface area contributed by atoms with Gasteiger partial charge >= 0.3 is 5.97 Å². The minimum Gasteiger partial charge on any atom is -0.460 e. The Morgan fingerprint density at radius 1 is 1.17 bits per heavy atom. The Hall–Kier alpha value is -0.176. The standard InChI is InChI=1S/C12H26O4Si2/c1-17(2,3)14-9-11-7-10(8-12(13)15-11)16-18(4,5)6/h10-11H,7-9H2,1-6H3. The van der Waals surface area contributed by atoms with Crippen molar-refractivity contribution in [3.63, 3.8) is 0 Å². The molecule has 0 amide bonds. The molecule has 0 saturated carbocycles. The highest BCUT2D eigenvalue weighted by Gasteiger charge is 2.33. The zero-order valence-electron chi connectivity index (χ0n) is 12.4. The summed E-state index contributed by atoms with van der Waals surface area (Å²) >= 11 is 0. The van der Waals surface area contributed by atoms with E-state index >= 15 is 0 Å². The zero-order valence-corrected chi connectivity index (χ0v) is 14.4. The molecule has 18 heavy (non-hydrogen) atoms. The lowest BCUT2D eigenvalue weighted by Gasteiger charge is -2.33. The first-order chi connectivity index (χ1) is 8.05. The summed E-state index contributed by atoms with van der Waals surface area (Å²) < 4.78 is 17.1. The quantitative estimate of drug-likeness (QED) is 0.577. The molecule has 1 rings (SSSR count). The summed E-state index contributed by atoms with van der Waals surface area (Å²) in [6.07, 6.45) is 1.02. The largest absolute Gasteiger partial charge is 0.460 e. The Morgan fingerprint density at radius 3 is 2.28 bits per heavy atom. The summed E-state index contributed by atoms with van der Waals surface area (Å²) in [6.45, 7) is 13.3. The molecule has 0 aromatic rings. The van der Waals surface area contributed by atoms with Gasteiger partial charge in [-0.3, -0.25) is 4.79 Å². The van der Waals surface area contributed by atoms with Crippen LogP contribution >= 0.6 is 0 Å². The van der Waals surface area contributed by atoms with Gasteiger partial charge < -0.3 is 13.6 Å². The van der Waals surface area contributed by atoms with E-state index < -0.39 is 16.6 Å². The Morgan fingerprint density at radius 2 is 1.78 bits per heavy atom. The molecule has 0 bridgehead atoms. The number of esters is 1. The third-order valence-corrected chi connectivity index (χ3v) is 4.51. The van der Waals surface area contributed by atoms with E-state index in [0.29, 0.717) is 13.0 Å². The second-order valence-corrected chi connectivity index (χ2v) is 15.8. The monoisotopic (exact) mass is 290 g/mol. The maximum absolute atomic E-state index is 11.6. The van der Waals surface area contributed by atoms with E-state index in [1.807, 2.05) is 0 Å². The molecule has 1 saturated heterocycles. The molecular weight excluding hydrogens is 264 g/mol. The summed E-state index contributed by atoms with van der Waals surface area (Å²) in [5, 5.41) is 0. The molecule has 2 atom stereocenters. The van der Waals surface area contributed by atoms with E-state index in [4.69, 9.17) is 13.6 Å². The van der Waals surface area contributed by atoms with E-state index in [9.17, 15) is 4.79 Å². The van der Waals surface area contributed by atoms with Crippen LogP contribution in [0.3, 0.4) is 0 Å². The van der Waals surface area contributed by atoms with E-state index in [1.165, 1.54) is 0 Å². The van der Waals surface area contributed by atoms with Crippen molar-refractivity contribution in [2.45, 2.75) is 64.3 Å². The molecule has 0 radical (unpaired) electrons. The first-order valence-electron chi connectivity index (χ1n) is 6.56. The SMILES string of the molecule is C[Si](C)(C)OCC1CC(O[Si](C)(C)C)CC(=O)O1. The molecule has 4 nitrogen and oxygen atoms in total. The highest BCUT2D eigenvalue weighted by molar-refractivity contribution is 6.70. The molecule has 1 aliphatic heterocycles. The van der Waals surface area contributed by atoms with Gasteiger partial charge in [0.1, 0.15) is 6.10 Å². The van der Waals surface area contributed by atoms with Crippen molar-refractivity contribution in [3.05, 3.63) is 0 Å². The summed E-state index contributed by atoms with van der Waals surface area (Å²) in [4.78, 5) is 11.6. The van der Waals surface area contributed by atoms with Gasteiger partial charge in [-0.05, 0) is 39.3 Å². The summed E-state index contributed by atoms with van der Waals surface area (Å²) in [5.74, 6) is -0.159. The van der Waals surface area contributed by atoms with Crippen LogP contribution in [0.15, 0.2) is 0 Å². The smallest absolute Gasteiger partial charge is 0.308 e. The maximum atomic E-state index is 11.6. The van der Waals surface area contributed by atoms with E-state index in [2.05, 4.69) is 39.3 Å². The van der Waals surface area contributed by atoms with Crippen LogP contribution in [0.25, 0.3) is 0 Å². The highest BCUT2D eigenvalue weighted by Crippen LogP contribution is 2.22. The Kier molecular flexibility index (Phi) is 5.17. The number of carbonyl (C=O) groups is 1. The minimum absolute atomic E-state index is 0.00755. The molecule has 106 valence electrons. The van der Waals surface area contributed by atoms with Gasteiger partial charge in [0.2, 0.25) is 0 Å². The average molecular weight is 291 g/mol. The first kappa shape index (κ1) is 15.9. The molecule has 0 spiro atoms. The van der Waals surface area contributed by atoms with Gasteiger partial charge in [-0.15, -0.1) is 0 Å². The molecule has 0 aromatic heterocycles. The lowest BCUT2D eigenvalue weighted by molar-refractivity contribution is -0.161. The van der Waals surface area contributed by atoms with Crippen molar-refractivity contribution in [1.29, 1.82) is 0 Å². The van der Waals surface area contributed by atoms with Crippen molar-refractivity contribution in [2.24, 2.45) is 0 Å². The van der Waals surface area contributed by atoms with Gasteiger partial charge in [0.15, 0.2) is 16.6 Å². The normalized spacial score (nSPS) is 26.0. The van der Waals surface area contributed by atoms with Gasteiger partial charge in [-0.2, -0.15) is 0 Å². The topological polar surface area (TPSA) is 44.8 Å². The molecule has 0 aliphatic carbocycles. The third-order valence-electron chi connectivity index (χ3n) is 2.44. The van der Waals surface area contributed by atoms with Crippen molar-refractivity contribution in [1.82, 2.24) is 0 Å². The van der Waals surface area contributed by atoms with Gasteiger partial charge in [0.05, 0.1) is 19.1 Å². The van der Waals surface area contributed by atoms with E-state index in [1.54, 1.807) is 0 Å². The average Bonchev–Trinajstić information content (AvgIpc) is 2.09. The number of carbonyl (C=O) groups excluding carboxylic acids is 1. The second-order valence-electron chi connectivity index (χ2n) is 6.83.